The number of hydrogen-bond donors (Lipinski definition) is 1. The molecule has 5 aromatic rings. The molecule has 36 heavy (non-hydrogen) atoms. The molecular weight excluding hydrogens is 514 g/mol. The number of hydrogen-bond acceptors (Lipinski definition) is 7. The normalized spacial score (nSPS) is 11.1. The summed E-state index contributed by atoms with van der Waals surface area (Å²) in [6.45, 7) is 4.01. The largest absolute Gasteiger partial charge is 0.461 e. The average molecular weight is 536 g/mol. The van der Waals surface area contributed by atoms with Crippen LogP contribution in [0.25, 0.3) is 17.3 Å². The molecule has 0 aliphatic rings. The van der Waals surface area contributed by atoms with Crippen LogP contribution in [0.5, 0.6) is 0 Å². The first kappa shape index (κ1) is 24.3. The number of carbonyl (C=O) groups excluding carboxylic acids is 1. The standard InChI is InChI=1S/C26H22ClN5O2S2/c1-16-5-9-19(10-6-16)32-24(22-4-3-11-34-22)30-31-26(32)35-15-23(33)29-25-28-14-20(36-25)12-18-8-7-17(2)21(27)13-18/h3-11,13-14H,12,15H2,1-2H3,(H,28,29,33). The Hall–Kier alpha value is -3.40. The van der Waals surface area contributed by atoms with Gasteiger partial charge in [0.05, 0.1) is 12.0 Å². The number of nitrogens with one attached hydrogen (secondary N) is 1. The summed E-state index contributed by atoms with van der Waals surface area (Å²) in [7, 11) is 0. The van der Waals surface area contributed by atoms with Gasteiger partial charge < -0.3 is 9.73 Å². The minimum Gasteiger partial charge on any atom is -0.461 e. The summed E-state index contributed by atoms with van der Waals surface area (Å²) in [6.07, 6.45) is 4.09. The van der Waals surface area contributed by atoms with Crippen molar-refractivity contribution in [1.82, 2.24) is 19.7 Å². The molecule has 0 saturated heterocycles. The van der Waals surface area contributed by atoms with Gasteiger partial charge in [0, 0.05) is 28.2 Å². The number of rotatable bonds is 8. The number of aromatic nitrogens is 4. The van der Waals surface area contributed by atoms with Gasteiger partial charge in [-0.3, -0.25) is 9.36 Å². The van der Waals surface area contributed by atoms with Crippen molar-refractivity contribution >= 4 is 45.7 Å². The zero-order valence-electron chi connectivity index (χ0n) is 19.6. The van der Waals surface area contributed by atoms with E-state index in [1.54, 1.807) is 18.5 Å². The SMILES string of the molecule is Cc1ccc(-n2c(SCC(=O)Nc3ncc(Cc4ccc(C)c(Cl)c4)s3)nnc2-c2ccco2)cc1. The van der Waals surface area contributed by atoms with Gasteiger partial charge in [-0.25, -0.2) is 4.98 Å². The molecule has 10 heteroatoms. The molecule has 182 valence electrons. The Morgan fingerprint density at radius 3 is 2.72 bits per heavy atom. The van der Waals surface area contributed by atoms with Crippen LogP contribution >= 0.6 is 34.7 Å². The Labute approximate surface area is 221 Å². The van der Waals surface area contributed by atoms with Crippen molar-refractivity contribution in [1.29, 1.82) is 0 Å². The third kappa shape index (κ3) is 5.53. The van der Waals surface area contributed by atoms with E-state index < -0.39 is 0 Å². The Balaban J connectivity index is 1.26. The molecule has 0 atom stereocenters. The molecule has 0 aliphatic heterocycles. The van der Waals surface area contributed by atoms with Gasteiger partial charge in [-0.1, -0.05) is 53.2 Å². The first-order valence-electron chi connectivity index (χ1n) is 11.1. The summed E-state index contributed by atoms with van der Waals surface area (Å²) in [5, 5.41) is 13.4. The van der Waals surface area contributed by atoms with Crippen molar-refractivity contribution in [3.8, 4) is 17.3 Å². The minimum atomic E-state index is -0.169. The summed E-state index contributed by atoms with van der Waals surface area (Å²) < 4.78 is 7.45. The molecule has 0 fully saturated rings. The molecule has 0 bridgehead atoms. The van der Waals surface area contributed by atoms with E-state index in [0.717, 1.165) is 32.3 Å². The molecule has 0 unspecified atom stereocenters. The molecule has 0 aliphatic carbocycles. The van der Waals surface area contributed by atoms with Crippen LogP contribution in [0.15, 0.2) is 76.6 Å². The molecule has 1 amide bonds. The van der Waals surface area contributed by atoms with Crippen molar-refractivity contribution in [2.45, 2.75) is 25.4 Å². The van der Waals surface area contributed by atoms with Crippen molar-refractivity contribution in [3.63, 3.8) is 0 Å². The van der Waals surface area contributed by atoms with Crippen molar-refractivity contribution in [2.24, 2.45) is 0 Å². The van der Waals surface area contributed by atoms with Gasteiger partial charge in [0.1, 0.15) is 0 Å². The Bertz CT molecular complexity index is 1490. The van der Waals surface area contributed by atoms with E-state index in [1.165, 1.54) is 23.1 Å². The maximum Gasteiger partial charge on any atom is 0.236 e. The van der Waals surface area contributed by atoms with Crippen LogP contribution in [0.4, 0.5) is 5.13 Å². The predicted octanol–water partition coefficient (Wildman–Crippen LogP) is 6.58. The number of halogens is 1. The van der Waals surface area contributed by atoms with E-state index in [0.29, 0.717) is 28.3 Å². The van der Waals surface area contributed by atoms with Crippen LogP contribution < -0.4 is 5.32 Å². The van der Waals surface area contributed by atoms with E-state index in [9.17, 15) is 4.79 Å². The second kappa shape index (κ2) is 10.7. The fraction of sp³-hybridized carbons (Fsp3) is 0.154. The lowest BCUT2D eigenvalue weighted by Crippen LogP contribution is -2.14. The smallest absolute Gasteiger partial charge is 0.236 e. The maximum atomic E-state index is 12.7. The van der Waals surface area contributed by atoms with Crippen molar-refractivity contribution in [2.75, 3.05) is 11.1 Å². The third-order valence-corrected chi connectivity index (χ3v) is 7.66. The van der Waals surface area contributed by atoms with E-state index in [1.807, 2.05) is 60.9 Å². The van der Waals surface area contributed by atoms with Gasteiger partial charge in [-0.15, -0.1) is 21.5 Å². The second-order valence-electron chi connectivity index (χ2n) is 8.18. The van der Waals surface area contributed by atoms with Crippen LogP contribution in [-0.2, 0) is 11.2 Å². The van der Waals surface area contributed by atoms with E-state index >= 15 is 0 Å². The van der Waals surface area contributed by atoms with Gasteiger partial charge in [0.2, 0.25) is 11.7 Å². The minimum absolute atomic E-state index is 0.157. The molecular formula is C26H22ClN5O2S2. The molecule has 3 aromatic heterocycles. The Morgan fingerprint density at radius 1 is 1.14 bits per heavy atom. The molecule has 3 heterocycles. The molecule has 7 nitrogen and oxygen atoms in total. The predicted molar refractivity (Wildman–Crippen MR) is 144 cm³/mol. The quantitative estimate of drug-likeness (QED) is 0.226. The van der Waals surface area contributed by atoms with Crippen molar-refractivity contribution in [3.05, 3.63) is 93.6 Å². The monoisotopic (exact) mass is 535 g/mol. The summed E-state index contributed by atoms with van der Waals surface area (Å²) in [4.78, 5) is 18.1. The summed E-state index contributed by atoms with van der Waals surface area (Å²) in [5.74, 6) is 1.17. The van der Waals surface area contributed by atoms with E-state index in [2.05, 4.69) is 26.6 Å². The van der Waals surface area contributed by atoms with Gasteiger partial charge in [-0.05, 0) is 55.3 Å². The second-order valence-corrected chi connectivity index (χ2v) is 10.6. The highest BCUT2D eigenvalue weighted by molar-refractivity contribution is 7.99. The number of thiazole rings is 1. The average Bonchev–Trinajstić information content (AvgIpc) is 3.62. The fourth-order valence-electron chi connectivity index (χ4n) is 3.54. The summed E-state index contributed by atoms with van der Waals surface area (Å²) >= 11 is 8.99. The first-order chi connectivity index (χ1) is 17.5. The van der Waals surface area contributed by atoms with E-state index in [4.69, 9.17) is 16.0 Å². The third-order valence-electron chi connectivity index (χ3n) is 5.41. The lowest BCUT2D eigenvalue weighted by Gasteiger charge is -2.09. The number of nitrogens with zero attached hydrogens (tertiary/aromatic N) is 4. The first-order valence-corrected chi connectivity index (χ1v) is 13.3. The number of furan rings is 1. The lowest BCUT2D eigenvalue weighted by atomic mass is 10.1. The number of anilines is 1. The zero-order valence-corrected chi connectivity index (χ0v) is 22.0. The molecule has 0 saturated carbocycles. The molecule has 1 N–H and O–H groups in total. The van der Waals surface area contributed by atoms with Crippen LogP contribution in [0.2, 0.25) is 5.02 Å². The molecule has 0 radical (unpaired) electrons. The van der Waals surface area contributed by atoms with Gasteiger partial charge in [-0.2, -0.15) is 0 Å². The highest BCUT2D eigenvalue weighted by Gasteiger charge is 2.19. The number of amides is 1. The molecule has 2 aromatic carbocycles. The summed E-state index contributed by atoms with van der Waals surface area (Å²) in [5.41, 5.74) is 4.18. The van der Waals surface area contributed by atoms with Crippen molar-refractivity contribution < 1.29 is 9.21 Å². The fourth-order valence-corrected chi connectivity index (χ4v) is 5.35. The molecule has 0 spiro atoms. The topological polar surface area (TPSA) is 85.8 Å². The van der Waals surface area contributed by atoms with Gasteiger partial charge in [0.15, 0.2) is 16.0 Å². The molecule has 5 rings (SSSR count). The van der Waals surface area contributed by atoms with Crippen LogP contribution in [0, 0.1) is 13.8 Å². The number of aryl methyl sites for hydroxylation is 2. The highest BCUT2D eigenvalue weighted by Crippen LogP contribution is 2.29. The van der Waals surface area contributed by atoms with Gasteiger partial charge >= 0.3 is 0 Å². The lowest BCUT2D eigenvalue weighted by molar-refractivity contribution is -0.113. The van der Waals surface area contributed by atoms with Crippen LogP contribution in [0.3, 0.4) is 0 Å². The summed E-state index contributed by atoms with van der Waals surface area (Å²) in [6, 6.07) is 17.7. The number of thioether (sulfide) groups is 1. The number of benzene rings is 2. The zero-order chi connectivity index (χ0) is 25.1. The van der Waals surface area contributed by atoms with Crippen LogP contribution in [-0.4, -0.2) is 31.4 Å². The Morgan fingerprint density at radius 2 is 1.97 bits per heavy atom. The number of carbonyl (C=O) groups is 1. The van der Waals surface area contributed by atoms with Gasteiger partial charge in [0.25, 0.3) is 0 Å². The highest BCUT2D eigenvalue weighted by atomic mass is 35.5. The maximum absolute atomic E-state index is 12.7. The van der Waals surface area contributed by atoms with E-state index in [-0.39, 0.29) is 11.7 Å². The Kier molecular flexibility index (Phi) is 7.22. The van der Waals surface area contributed by atoms with Crippen LogP contribution in [0.1, 0.15) is 21.6 Å².